The number of fused-ring (bicyclic) bond motifs is 1. The SMILES string of the molecule is CCOc1ccc(-c2cc(C(=O)NCCN3CCC(Cc4ccccc4)CC3)c3ccccc3n2)cc1. The van der Waals surface area contributed by atoms with Gasteiger partial charge >= 0.3 is 0 Å². The van der Waals surface area contributed by atoms with E-state index in [1.54, 1.807) is 0 Å². The molecular formula is C32H35N3O2. The third kappa shape index (κ3) is 6.36. The number of piperidine rings is 1. The Morgan fingerprint density at radius 2 is 1.70 bits per heavy atom. The van der Waals surface area contributed by atoms with Crippen LogP contribution in [0.25, 0.3) is 22.2 Å². The van der Waals surface area contributed by atoms with Crippen molar-refractivity contribution in [3.8, 4) is 17.0 Å². The highest BCUT2D eigenvalue weighted by Crippen LogP contribution is 2.27. The van der Waals surface area contributed by atoms with Gasteiger partial charge in [0, 0.05) is 24.0 Å². The maximum Gasteiger partial charge on any atom is 0.252 e. The molecule has 0 radical (unpaired) electrons. The zero-order valence-corrected chi connectivity index (χ0v) is 21.5. The topological polar surface area (TPSA) is 54.5 Å². The predicted octanol–water partition coefficient (Wildman–Crippen LogP) is 5.99. The molecule has 5 heteroatoms. The van der Waals surface area contributed by atoms with Gasteiger partial charge in [-0.3, -0.25) is 4.79 Å². The van der Waals surface area contributed by atoms with E-state index in [1.165, 1.54) is 18.4 Å². The Hall–Kier alpha value is -3.70. The number of benzene rings is 3. The molecule has 0 bridgehead atoms. The lowest BCUT2D eigenvalue weighted by atomic mass is 9.90. The first-order chi connectivity index (χ1) is 18.2. The van der Waals surface area contributed by atoms with E-state index in [-0.39, 0.29) is 5.91 Å². The van der Waals surface area contributed by atoms with E-state index < -0.39 is 0 Å². The van der Waals surface area contributed by atoms with Gasteiger partial charge in [-0.05, 0) is 87.2 Å². The smallest absolute Gasteiger partial charge is 0.252 e. The van der Waals surface area contributed by atoms with Crippen LogP contribution < -0.4 is 10.1 Å². The molecule has 37 heavy (non-hydrogen) atoms. The van der Waals surface area contributed by atoms with Crippen LogP contribution in [0.5, 0.6) is 5.75 Å². The van der Waals surface area contributed by atoms with Crippen LogP contribution in [0.4, 0.5) is 0 Å². The van der Waals surface area contributed by atoms with Crippen molar-refractivity contribution in [3.05, 3.63) is 96.1 Å². The van der Waals surface area contributed by atoms with Crippen molar-refractivity contribution in [3.63, 3.8) is 0 Å². The number of likely N-dealkylation sites (tertiary alicyclic amines) is 1. The average Bonchev–Trinajstić information content (AvgIpc) is 2.94. The fraction of sp³-hybridized carbons (Fsp3) is 0.312. The van der Waals surface area contributed by atoms with Gasteiger partial charge in [0.25, 0.3) is 5.91 Å². The Bertz CT molecular complexity index is 1310. The minimum absolute atomic E-state index is 0.0512. The van der Waals surface area contributed by atoms with E-state index in [0.717, 1.165) is 59.9 Å². The molecule has 1 aliphatic rings. The Balaban J connectivity index is 1.20. The molecule has 3 aromatic carbocycles. The van der Waals surface area contributed by atoms with Gasteiger partial charge in [-0.2, -0.15) is 0 Å². The predicted molar refractivity (Wildman–Crippen MR) is 150 cm³/mol. The Labute approximate surface area is 219 Å². The molecule has 5 nitrogen and oxygen atoms in total. The summed E-state index contributed by atoms with van der Waals surface area (Å²) in [5.74, 6) is 1.52. The van der Waals surface area contributed by atoms with E-state index in [1.807, 2.05) is 61.5 Å². The summed E-state index contributed by atoms with van der Waals surface area (Å²) in [5.41, 5.74) is 4.66. The molecule has 1 saturated heterocycles. The molecule has 0 unspecified atom stereocenters. The highest BCUT2D eigenvalue weighted by atomic mass is 16.5. The zero-order chi connectivity index (χ0) is 25.5. The molecule has 190 valence electrons. The number of pyridine rings is 1. The zero-order valence-electron chi connectivity index (χ0n) is 21.5. The largest absolute Gasteiger partial charge is 0.494 e. The minimum Gasteiger partial charge on any atom is -0.494 e. The molecule has 4 aromatic rings. The molecule has 1 fully saturated rings. The summed E-state index contributed by atoms with van der Waals surface area (Å²) in [6.45, 7) is 6.29. The minimum atomic E-state index is -0.0512. The van der Waals surface area contributed by atoms with Crippen LogP contribution in [0.1, 0.15) is 35.7 Å². The highest BCUT2D eigenvalue weighted by Gasteiger charge is 2.20. The number of ether oxygens (including phenoxy) is 1. The second-order valence-corrected chi connectivity index (χ2v) is 9.76. The van der Waals surface area contributed by atoms with Gasteiger partial charge in [-0.1, -0.05) is 48.5 Å². The van der Waals surface area contributed by atoms with Crippen LogP contribution in [0, 0.1) is 5.92 Å². The summed E-state index contributed by atoms with van der Waals surface area (Å²) in [6, 6.07) is 28.4. The molecule has 5 rings (SSSR count). The van der Waals surface area contributed by atoms with E-state index in [0.29, 0.717) is 18.7 Å². The van der Waals surface area contributed by atoms with Crippen molar-refractivity contribution in [1.82, 2.24) is 15.2 Å². The monoisotopic (exact) mass is 493 g/mol. The van der Waals surface area contributed by atoms with Crippen molar-refractivity contribution in [2.75, 3.05) is 32.8 Å². The van der Waals surface area contributed by atoms with E-state index >= 15 is 0 Å². The molecule has 0 atom stereocenters. The molecule has 0 aliphatic carbocycles. The van der Waals surface area contributed by atoms with E-state index in [2.05, 4.69) is 40.5 Å². The van der Waals surface area contributed by atoms with Crippen LogP contribution in [-0.2, 0) is 6.42 Å². The lowest BCUT2D eigenvalue weighted by molar-refractivity contribution is 0.0945. The number of aromatic nitrogens is 1. The van der Waals surface area contributed by atoms with Gasteiger partial charge in [0.2, 0.25) is 0 Å². The van der Waals surface area contributed by atoms with Crippen LogP contribution in [-0.4, -0.2) is 48.6 Å². The van der Waals surface area contributed by atoms with Crippen molar-refractivity contribution in [1.29, 1.82) is 0 Å². The normalized spacial score (nSPS) is 14.5. The summed E-state index contributed by atoms with van der Waals surface area (Å²) in [5, 5.41) is 4.04. The number of carbonyl (C=O) groups is 1. The Morgan fingerprint density at radius 3 is 2.46 bits per heavy atom. The lowest BCUT2D eigenvalue weighted by Gasteiger charge is -2.32. The van der Waals surface area contributed by atoms with Crippen molar-refractivity contribution in [2.24, 2.45) is 5.92 Å². The number of nitrogens with zero attached hydrogens (tertiary/aromatic N) is 2. The van der Waals surface area contributed by atoms with Gasteiger partial charge in [-0.15, -0.1) is 0 Å². The molecule has 1 N–H and O–H groups in total. The Morgan fingerprint density at radius 1 is 0.973 bits per heavy atom. The van der Waals surface area contributed by atoms with Gasteiger partial charge in [0.1, 0.15) is 5.75 Å². The number of nitrogens with one attached hydrogen (secondary N) is 1. The third-order valence-electron chi connectivity index (χ3n) is 7.21. The second kappa shape index (κ2) is 12.0. The fourth-order valence-corrected chi connectivity index (χ4v) is 5.18. The maximum atomic E-state index is 13.3. The first-order valence-corrected chi connectivity index (χ1v) is 13.4. The standard InChI is InChI=1S/C32H35N3O2/c1-2-37-27-14-12-26(13-15-27)31-23-29(28-10-6-7-11-30(28)34-31)32(36)33-18-21-35-19-16-25(17-20-35)22-24-8-4-3-5-9-24/h3-15,23,25H,2,16-22H2,1H3,(H,33,36). The molecule has 1 aliphatic heterocycles. The molecule has 1 aromatic heterocycles. The number of hydrogen-bond donors (Lipinski definition) is 1. The maximum absolute atomic E-state index is 13.3. The quantitative estimate of drug-likeness (QED) is 0.311. The van der Waals surface area contributed by atoms with Crippen LogP contribution in [0.15, 0.2) is 84.9 Å². The second-order valence-electron chi connectivity index (χ2n) is 9.76. The molecule has 0 saturated carbocycles. The van der Waals surface area contributed by atoms with Crippen molar-refractivity contribution in [2.45, 2.75) is 26.2 Å². The number of rotatable bonds is 9. The lowest BCUT2D eigenvalue weighted by Crippen LogP contribution is -2.40. The first-order valence-electron chi connectivity index (χ1n) is 13.4. The first kappa shape index (κ1) is 25.0. The van der Waals surface area contributed by atoms with Gasteiger partial charge in [0.15, 0.2) is 0 Å². The van der Waals surface area contributed by atoms with E-state index in [9.17, 15) is 4.79 Å². The fourth-order valence-electron chi connectivity index (χ4n) is 5.18. The van der Waals surface area contributed by atoms with E-state index in [4.69, 9.17) is 9.72 Å². The summed E-state index contributed by atoms with van der Waals surface area (Å²) in [6.07, 6.45) is 3.59. The average molecular weight is 494 g/mol. The van der Waals surface area contributed by atoms with Gasteiger partial charge in [-0.25, -0.2) is 4.98 Å². The number of para-hydroxylation sites is 1. The summed E-state index contributed by atoms with van der Waals surface area (Å²) in [4.78, 5) is 20.6. The highest BCUT2D eigenvalue weighted by molar-refractivity contribution is 6.07. The summed E-state index contributed by atoms with van der Waals surface area (Å²) >= 11 is 0. The van der Waals surface area contributed by atoms with Crippen LogP contribution in [0.2, 0.25) is 0 Å². The molecule has 1 amide bonds. The van der Waals surface area contributed by atoms with Crippen molar-refractivity contribution < 1.29 is 9.53 Å². The molecule has 2 heterocycles. The van der Waals surface area contributed by atoms with Gasteiger partial charge < -0.3 is 15.0 Å². The number of amides is 1. The van der Waals surface area contributed by atoms with Crippen molar-refractivity contribution >= 4 is 16.8 Å². The number of hydrogen-bond acceptors (Lipinski definition) is 4. The molecule has 0 spiro atoms. The number of carbonyl (C=O) groups excluding carboxylic acids is 1. The summed E-state index contributed by atoms with van der Waals surface area (Å²) in [7, 11) is 0. The summed E-state index contributed by atoms with van der Waals surface area (Å²) < 4.78 is 5.57. The van der Waals surface area contributed by atoms with Crippen LogP contribution in [0.3, 0.4) is 0 Å². The van der Waals surface area contributed by atoms with Gasteiger partial charge in [0.05, 0.1) is 23.4 Å². The van der Waals surface area contributed by atoms with Crippen LogP contribution >= 0.6 is 0 Å². The molecular weight excluding hydrogens is 458 g/mol. The third-order valence-corrected chi connectivity index (χ3v) is 7.21. The Kier molecular flexibility index (Phi) is 8.11.